The van der Waals surface area contributed by atoms with Crippen LogP contribution in [0.25, 0.3) is 5.65 Å². The van der Waals surface area contributed by atoms with Crippen LogP contribution >= 0.6 is 0 Å². The fourth-order valence-electron chi connectivity index (χ4n) is 3.42. The van der Waals surface area contributed by atoms with Crippen molar-refractivity contribution < 1.29 is 9.53 Å². The zero-order valence-corrected chi connectivity index (χ0v) is 16.1. The number of aromatic nitrogens is 2. The van der Waals surface area contributed by atoms with Gasteiger partial charge in [0.25, 0.3) is 0 Å². The van der Waals surface area contributed by atoms with Crippen molar-refractivity contribution in [1.29, 1.82) is 0 Å². The van der Waals surface area contributed by atoms with Crippen molar-refractivity contribution in [1.82, 2.24) is 9.38 Å². The molecule has 4 rings (SSSR count). The maximum absolute atomic E-state index is 12.6. The van der Waals surface area contributed by atoms with E-state index >= 15 is 0 Å². The summed E-state index contributed by atoms with van der Waals surface area (Å²) in [4.78, 5) is 19.2. The van der Waals surface area contributed by atoms with Crippen LogP contribution in [0.5, 0.6) is 5.75 Å². The number of anilines is 1. The molecular weight excluding hydrogens is 338 g/mol. The van der Waals surface area contributed by atoms with Crippen LogP contribution in [0.3, 0.4) is 0 Å². The Morgan fingerprint density at radius 3 is 2.74 bits per heavy atom. The van der Waals surface area contributed by atoms with Crippen LogP contribution in [0.4, 0.5) is 5.82 Å². The van der Waals surface area contributed by atoms with Gasteiger partial charge in [-0.3, -0.25) is 14.1 Å². The number of aryl methyl sites for hydroxylation is 2. The number of hydrogen-bond acceptors (Lipinski definition) is 3. The van der Waals surface area contributed by atoms with Crippen molar-refractivity contribution in [3.8, 4) is 5.75 Å². The minimum atomic E-state index is 0.172. The number of carbonyl (C=O) groups excluding carboxylic acids is 1. The molecule has 1 aliphatic rings. The van der Waals surface area contributed by atoms with E-state index in [0.717, 1.165) is 47.7 Å². The maximum atomic E-state index is 12.6. The molecule has 0 saturated heterocycles. The molecule has 0 radical (unpaired) electrons. The summed E-state index contributed by atoms with van der Waals surface area (Å²) in [6, 6.07) is 12.1. The zero-order valence-electron chi connectivity index (χ0n) is 16.1. The third-order valence-corrected chi connectivity index (χ3v) is 5.21. The summed E-state index contributed by atoms with van der Waals surface area (Å²) in [7, 11) is 1.85. The molecule has 3 aromatic rings. The molecule has 2 heterocycles. The van der Waals surface area contributed by atoms with Crippen LogP contribution in [0.2, 0.25) is 0 Å². The van der Waals surface area contributed by atoms with E-state index in [2.05, 4.69) is 26.0 Å². The summed E-state index contributed by atoms with van der Waals surface area (Å²) in [6.07, 6.45) is 4.70. The van der Waals surface area contributed by atoms with Gasteiger partial charge in [-0.2, -0.15) is 0 Å². The lowest BCUT2D eigenvalue weighted by atomic mass is 10.1. The molecule has 0 bridgehead atoms. The van der Waals surface area contributed by atoms with Crippen molar-refractivity contribution in [2.45, 2.75) is 39.7 Å². The van der Waals surface area contributed by atoms with Crippen LogP contribution in [0, 0.1) is 12.8 Å². The highest BCUT2D eigenvalue weighted by Crippen LogP contribution is 2.34. The predicted molar refractivity (Wildman–Crippen MR) is 106 cm³/mol. The molecule has 27 heavy (non-hydrogen) atoms. The van der Waals surface area contributed by atoms with Crippen molar-refractivity contribution in [2.75, 3.05) is 11.9 Å². The number of carbonyl (C=O) groups is 1. The SMILES string of the molecule is CCc1nc2c(OCc3ccccc3C)cccn2c1N(C)C(=O)C1CC1. The van der Waals surface area contributed by atoms with E-state index in [1.165, 1.54) is 5.56 Å². The van der Waals surface area contributed by atoms with Gasteiger partial charge < -0.3 is 4.74 Å². The highest BCUT2D eigenvalue weighted by atomic mass is 16.5. The summed E-state index contributed by atoms with van der Waals surface area (Å²) in [5, 5.41) is 0. The molecule has 1 aliphatic carbocycles. The smallest absolute Gasteiger partial charge is 0.231 e. The maximum Gasteiger partial charge on any atom is 0.231 e. The van der Waals surface area contributed by atoms with Gasteiger partial charge in [-0.05, 0) is 49.4 Å². The van der Waals surface area contributed by atoms with E-state index in [0.29, 0.717) is 6.61 Å². The lowest BCUT2D eigenvalue weighted by Crippen LogP contribution is -2.29. The Hall–Kier alpha value is -2.82. The van der Waals surface area contributed by atoms with E-state index < -0.39 is 0 Å². The van der Waals surface area contributed by atoms with Gasteiger partial charge in [-0.25, -0.2) is 4.98 Å². The molecule has 0 N–H and O–H groups in total. The Morgan fingerprint density at radius 1 is 1.26 bits per heavy atom. The Bertz CT molecular complexity index is 988. The van der Waals surface area contributed by atoms with Gasteiger partial charge in [0, 0.05) is 19.2 Å². The number of pyridine rings is 1. The average Bonchev–Trinajstić information content (AvgIpc) is 3.46. The van der Waals surface area contributed by atoms with Crippen molar-refractivity contribution in [3.05, 3.63) is 59.4 Å². The summed E-state index contributed by atoms with van der Waals surface area (Å²) in [5.41, 5.74) is 4.03. The monoisotopic (exact) mass is 363 g/mol. The summed E-state index contributed by atoms with van der Waals surface area (Å²) >= 11 is 0. The molecule has 0 unspecified atom stereocenters. The van der Waals surface area contributed by atoms with Gasteiger partial charge >= 0.3 is 0 Å². The largest absolute Gasteiger partial charge is 0.485 e. The van der Waals surface area contributed by atoms with E-state index in [-0.39, 0.29) is 11.8 Å². The lowest BCUT2D eigenvalue weighted by Gasteiger charge is -2.18. The first kappa shape index (κ1) is 17.6. The molecule has 140 valence electrons. The third kappa shape index (κ3) is 3.29. The first-order valence-corrected chi connectivity index (χ1v) is 9.55. The minimum Gasteiger partial charge on any atom is -0.485 e. The molecule has 5 heteroatoms. The van der Waals surface area contributed by atoms with Crippen molar-refractivity contribution in [2.24, 2.45) is 5.92 Å². The number of benzene rings is 1. The molecule has 0 spiro atoms. The fourth-order valence-corrected chi connectivity index (χ4v) is 3.42. The van der Waals surface area contributed by atoms with Crippen LogP contribution in [-0.4, -0.2) is 22.3 Å². The van der Waals surface area contributed by atoms with E-state index in [4.69, 9.17) is 9.72 Å². The number of hydrogen-bond donors (Lipinski definition) is 0. The number of amides is 1. The lowest BCUT2D eigenvalue weighted by molar-refractivity contribution is -0.119. The van der Waals surface area contributed by atoms with Gasteiger partial charge in [-0.15, -0.1) is 0 Å². The van der Waals surface area contributed by atoms with E-state index in [1.54, 1.807) is 4.90 Å². The summed E-state index contributed by atoms with van der Waals surface area (Å²) in [6.45, 7) is 4.64. The third-order valence-electron chi connectivity index (χ3n) is 5.21. The predicted octanol–water partition coefficient (Wildman–Crippen LogP) is 4.16. The highest BCUT2D eigenvalue weighted by molar-refractivity contribution is 5.96. The van der Waals surface area contributed by atoms with E-state index in [9.17, 15) is 4.79 Å². The first-order chi connectivity index (χ1) is 13.1. The number of imidazole rings is 1. The summed E-state index contributed by atoms with van der Waals surface area (Å²) in [5.74, 6) is 1.93. The number of fused-ring (bicyclic) bond motifs is 1. The molecular formula is C22H25N3O2. The molecule has 1 fully saturated rings. The van der Waals surface area contributed by atoms with Crippen LogP contribution in [0.15, 0.2) is 42.6 Å². The molecule has 0 aliphatic heterocycles. The second-order valence-electron chi connectivity index (χ2n) is 7.19. The molecule has 2 aromatic heterocycles. The normalized spacial score (nSPS) is 13.7. The minimum absolute atomic E-state index is 0.172. The van der Waals surface area contributed by atoms with Gasteiger partial charge in [0.2, 0.25) is 5.91 Å². The molecule has 1 aromatic carbocycles. The summed E-state index contributed by atoms with van der Waals surface area (Å²) < 4.78 is 8.09. The Labute approximate surface area is 159 Å². The molecule has 1 amide bonds. The highest BCUT2D eigenvalue weighted by Gasteiger charge is 2.34. The Kier molecular flexibility index (Phi) is 4.60. The molecule has 0 atom stereocenters. The van der Waals surface area contributed by atoms with E-state index in [1.807, 2.05) is 41.9 Å². The Morgan fingerprint density at radius 2 is 2.04 bits per heavy atom. The topological polar surface area (TPSA) is 46.8 Å². The standard InChI is InChI=1S/C22H25N3O2/c1-4-18-21(24(3)22(26)16-11-12-16)25-13-7-10-19(20(25)23-18)27-14-17-9-6-5-8-15(17)2/h5-10,13,16H,4,11-12,14H2,1-3H3. The molecule has 5 nitrogen and oxygen atoms in total. The molecule has 1 saturated carbocycles. The number of ether oxygens (including phenoxy) is 1. The van der Waals surface area contributed by atoms with Gasteiger partial charge in [0.1, 0.15) is 12.4 Å². The second kappa shape index (κ2) is 7.06. The van der Waals surface area contributed by atoms with Crippen LogP contribution in [0.1, 0.15) is 36.6 Å². The number of rotatable bonds is 6. The van der Waals surface area contributed by atoms with Crippen molar-refractivity contribution in [3.63, 3.8) is 0 Å². The van der Waals surface area contributed by atoms with Gasteiger partial charge in [0.15, 0.2) is 11.4 Å². The second-order valence-corrected chi connectivity index (χ2v) is 7.19. The van der Waals surface area contributed by atoms with Gasteiger partial charge in [-0.1, -0.05) is 31.2 Å². The number of nitrogens with zero attached hydrogens (tertiary/aromatic N) is 3. The quantitative estimate of drug-likeness (QED) is 0.661. The van der Waals surface area contributed by atoms with Crippen LogP contribution in [-0.2, 0) is 17.8 Å². The van der Waals surface area contributed by atoms with Crippen molar-refractivity contribution >= 4 is 17.4 Å². The first-order valence-electron chi connectivity index (χ1n) is 9.55. The van der Waals surface area contributed by atoms with Crippen LogP contribution < -0.4 is 9.64 Å². The fraction of sp³-hybridized carbons (Fsp3) is 0.364. The Balaban J connectivity index is 1.69. The van der Waals surface area contributed by atoms with Gasteiger partial charge in [0.05, 0.1) is 5.69 Å². The average molecular weight is 363 g/mol. The zero-order chi connectivity index (χ0) is 19.0.